The molecular weight excluding hydrogens is 290 g/mol. The number of urea groups is 1. The third-order valence-electron chi connectivity index (χ3n) is 4.89. The van der Waals surface area contributed by atoms with E-state index in [0.717, 1.165) is 24.3 Å². The highest BCUT2D eigenvalue weighted by Crippen LogP contribution is 2.27. The number of fused-ring (bicyclic) bond motifs is 1. The fourth-order valence-corrected chi connectivity index (χ4v) is 3.63. The van der Waals surface area contributed by atoms with E-state index in [1.54, 1.807) is 6.20 Å². The van der Waals surface area contributed by atoms with Crippen LogP contribution < -0.4 is 15.5 Å². The average molecular weight is 317 g/mol. The number of anilines is 1. The second-order valence-corrected chi connectivity index (χ2v) is 6.74. The molecule has 23 heavy (non-hydrogen) atoms. The third kappa shape index (κ3) is 3.93. The quantitative estimate of drug-likeness (QED) is 0.885. The van der Waals surface area contributed by atoms with E-state index in [4.69, 9.17) is 0 Å². The van der Waals surface area contributed by atoms with E-state index in [1.807, 2.05) is 31.1 Å². The number of nitrogens with zero attached hydrogens (tertiary/aromatic N) is 3. The molecule has 6 heteroatoms. The number of piperidine rings is 1. The van der Waals surface area contributed by atoms with E-state index >= 15 is 0 Å². The molecule has 0 saturated carbocycles. The van der Waals surface area contributed by atoms with Gasteiger partial charge >= 0.3 is 6.03 Å². The topological polar surface area (TPSA) is 60.5 Å². The molecule has 0 aromatic carbocycles. The van der Waals surface area contributed by atoms with Crippen molar-refractivity contribution in [1.29, 1.82) is 0 Å². The van der Waals surface area contributed by atoms with Crippen molar-refractivity contribution >= 4 is 11.8 Å². The second kappa shape index (κ2) is 7.17. The first-order chi connectivity index (χ1) is 11.1. The number of aromatic nitrogens is 1. The van der Waals surface area contributed by atoms with Crippen LogP contribution in [0.3, 0.4) is 0 Å². The maximum Gasteiger partial charge on any atom is 0.315 e. The molecule has 2 fully saturated rings. The van der Waals surface area contributed by atoms with Crippen molar-refractivity contribution in [3.05, 3.63) is 23.9 Å². The normalized spacial score (nSPS) is 24.1. The van der Waals surface area contributed by atoms with Crippen molar-refractivity contribution in [3.63, 3.8) is 0 Å². The number of amides is 2. The molecule has 2 amide bonds. The maximum absolute atomic E-state index is 12.2. The molecular formula is C17H27N5O. The molecule has 2 aliphatic heterocycles. The van der Waals surface area contributed by atoms with E-state index in [0.29, 0.717) is 18.6 Å². The number of nitrogens with one attached hydrogen (secondary N) is 2. The number of carbonyl (C=O) groups is 1. The first-order valence-electron chi connectivity index (χ1n) is 8.54. The highest BCUT2D eigenvalue weighted by atomic mass is 16.2. The Labute approximate surface area is 138 Å². The average Bonchev–Trinajstić information content (AvgIpc) is 2.96. The van der Waals surface area contributed by atoms with Crippen LogP contribution in [0.15, 0.2) is 18.3 Å². The molecule has 126 valence electrons. The fourth-order valence-electron chi connectivity index (χ4n) is 3.63. The minimum Gasteiger partial charge on any atom is -0.363 e. The molecule has 2 N–H and O–H groups in total. The van der Waals surface area contributed by atoms with Crippen molar-refractivity contribution in [1.82, 2.24) is 20.5 Å². The van der Waals surface area contributed by atoms with Gasteiger partial charge in [-0.2, -0.15) is 0 Å². The first-order valence-corrected chi connectivity index (χ1v) is 8.54. The summed E-state index contributed by atoms with van der Waals surface area (Å²) in [5.41, 5.74) is 1.06. The maximum atomic E-state index is 12.2. The van der Waals surface area contributed by atoms with Crippen LogP contribution in [-0.2, 0) is 6.54 Å². The first kappa shape index (κ1) is 16.1. The molecule has 1 aromatic heterocycles. The summed E-state index contributed by atoms with van der Waals surface area (Å²) in [5, 5.41) is 6.14. The molecule has 3 rings (SSSR count). The van der Waals surface area contributed by atoms with Gasteiger partial charge in [0.2, 0.25) is 0 Å². The van der Waals surface area contributed by atoms with E-state index in [2.05, 4.69) is 20.5 Å². The summed E-state index contributed by atoms with van der Waals surface area (Å²) in [7, 11) is 3.92. The number of hydrogen-bond acceptors (Lipinski definition) is 4. The third-order valence-corrected chi connectivity index (χ3v) is 4.89. The Morgan fingerprint density at radius 2 is 2.22 bits per heavy atom. The zero-order chi connectivity index (χ0) is 16.2. The second-order valence-electron chi connectivity index (χ2n) is 6.74. The summed E-state index contributed by atoms with van der Waals surface area (Å²) in [6.07, 6.45) is 6.64. The van der Waals surface area contributed by atoms with Gasteiger partial charge in [0.25, 0.3) is 0 Å². The zero-order valence-corrected chi connectivity index (χ0v) is 14.1. The molecule has 0 aliphatic carbocycles. The lowest BCUT2D eigenvalue weighted by molar-refractivity contribution is 0.179. The van der Waals surface area contributed by atoms with Crippen LogP contribution in [0.4, 0.5) is 10.6 Å². The zero-order valence-electron chi connectivity index (χ0n) is 14.1. The van der Waals surface area contributed by atoms with E-state index in [9.17, 15) is 4.79 Å². The van der Waals surface area contributed by atoms with Gasteiger partial charge in [-0.25, -0.2) is 9.78 Å². The van der Waals surface area contributed by atoms with Gasteiger partial charge in [0.1, 0.15) is 5.82 Å². The molecule has 2 aliphatic rings. The minimum absolute atomic E-state index is 0.0642. The van der Waals surface area contributed by atoms with Crippen LogP contribution in [-0.4, -0.2) is 55.2 Å². The summed E-state index contributed by atoms with van der Waals surface area (Å²) in [6, 6.07) is 4.70. The van der Waals surface area contributed by atoms with Crippen LogP contribution in [0.25, 0.3) is 0 Å². The van der Waals surface area contributed by atoms with Gasteiger partial charge < -0.3 is 15.5 Å². The van der Waals surface area contributed by atoms with E-state index in [1.165, 1.54) is 25.8 Å². The van der Waals surface area contributed by atoms with Crippen molar-refractivity contribution in [2.45, 2.75) is 44.3 Å². The van der Waals surface area contributed by atoms with Crippen LogP contribution in [0, 0.1) is 0 Å². The minimum atomic E-state index is -0.0642. The Morgan fingerprint density at radius 1 is 1.35 bits per heavy atom. The standard InChI is InChI=1S/C17H27N5O/c1-21(2)16-11-13(6-8-18-16)12-19-17(23)20-14-7-10-22-9-4-3-5-15(14)22/h6,8,11,14-15H,3-5,7,9-10,12H2,1-2H3,(H2,19,20,23)/t14-,15+/m0/s1. The molecule has 0 bridgehead atoms. The lowest BCUT2D eigenvalue weighted by atomic mass is 9.99. The monoisotopic (exact) mass is 317 g/mol. The van der Waals surface area contributed by atoms with Gasteiger partial charge in [0, 0.05) is 45.5 Å². The molecule has 2 saturated heterocycles. The van der Waals surface area contributed by atoms with Crippen molar-refractivity contribution in [2.24, 2.45) is 0 Å². The molecule has 0 spiro atoms. The van der Waals surface area contributed by atoms with E-state index in [-0.39, 0.29) is 6.03 Å². The van der Waals surface area contributed by atoms with Gasteiger partial charge in [-0.15, -0.1) is 0 Å². The molecule has 0 unspecified atom stereocenters. The molecule has 0 radical (unpaired) electrons. The smallest absolute Gasteiger partial charge is 0.315 e. The van der Waals surface area contributed by atoms with Crippen molar-refractivity contribution < 1.29 is 4.79 Å². The van der Waals surface area contributed by atoms with Crippen molar-refractivity contribution in [3.8, 4) is 0 Å². The summed E-state index contributed by atoms with van der Waals surface area (Å²) >= 11 is 0. The summed E-state index contributed by atoms with van der Waals surface area (Å²) in [4.78, 5) is 21.0. The van der Waals surface area contributed by atoms with Gasteiger partial charge in [-0.3, -0.25) is 4.90 Å². The Kier molecular flexibility index (Phi) is 5.00. The SMILES string of the molecule is CN(C)c1cc(CNC(=O)N[C@H]2CCN3CCCC[C@H]23)ccn1. The summed E-state index contributed by atoms with van der Waals surface area (Å²) in [5.74, 6) is 0.901. The van der Waals surface area contributed by atoms with Crippen LogP contribution in [0.5, 0.6) is 0 Å². The lowest BCUT2D eigenvalue weighted by Gasteiger charge is -2.32. The van der Waals surface area contributed by atoms with Crippen LogP contribution in [0.2, 0.25) is 0 Å². The Balaban J connectivity index is 1.49. The Bertz CT molecular complexity index is 548. The van der Waals surface area contributed by atoms with E-state index < -0.39 is 0 Å². The number of rotatable bonds is 4. The molecule has 2 atom stereocenters. The largest absolute Gasteiger partial charge is 0.363 e. The number of hydrogen-bond donors (Lipinski definition) is 2. The highest BCUT2D eigenvalue weighted by Gasteiger charge is 2.36. The Hall–Kier alpha value is -1.82. The fraction of sp³-hybridized carbons (Fsp3) is 0.647. The summed E-state index contributed by atoms with van der Waals surface area (Å²) < 4.78 is 0. The Morgan fingerprint density at radius 3 is 3.04 bits per heavy atom. The van der Waals surface area contributed by atoms with Crippen LogP contribution >= 0.6 is 0 Å². The number of pyridine rings is 1. The highest BCUT2D eigenvalue weighted by molar-refractivity contribution is 5.74. The molecule has 3 heterocycles. The van der Waals surface area contributed by atoms with Gasteiger partial charge in [0.15, 0.2) is 0 Å². The predicted octanol–water partition coefficient (Wildman–Crippen LogP) is 1.57. The molecule has 6 nitrogen and oxygen atoms in total. The molecule has 1 aromatic rings. The predicted molar refractivity (Wildman–Crippen MR) is 91.6 cm³/mol. The lowest BCUT2D eigenvalue weighted by Crippen LogP contribution is -2.49. The van der Waals surface area contributed by atoms with Gasteiger partial charge in [-0.05, 0) is 43.5 Å². The van der Waals surface area contributed by atoms with Crippen molar-refractivity contribution in [2.75, 3.05) is 32.1 Å². The van der Waals surface area contributed by atoms with Gasteiger partial charge in [0.05, 0.1) is 0 Å². The van der Waals surface area contributed by atoms with Gasteiger partial charge in [-0.1, -0.05) is 6.42 Å². The summed E-state index contributed by atoms with van der Waals surface area (Å²) in [6.45, 7) is 2.83. The van der Waals surface area contributed by atoms with Crippen LogP contribution in [0.1, 0.15) is 31.2 Å². The number of carbonyl (C=O) groups excluding carboxylic acids is 1.